The van der Waals surface area contributed by atoms with E-state index < -0.39 is 33.4 Å². The highest BCUT2D eigenvalue weighted by atomic mass is 35.5. The van der Waals surface area contributed by atoms with Crippen molar-refractivity contribution < 1.29 is 27.9 Å². The number of nitrogens with one attached hydrogen (secondary N) is 3. The van der Waals surface area contributed by atoms with Crippen LogP contribution in [-0.4, -0.2) is 56.6 Å². The van der Waals surface area contributed by atoms with E-state index in [2.05, 4.69) is 15.4 Å². The zero-order valence-corrected chi connectivity index (χ0v) is 20.0. The number of aliphatic carboxylic acids is 1. The van der Waals surface area contributed by atoms with Gasteiger partial charge in [-0.25, -0.2) is 8.42 Å². The van der Waals surface area contributed by atoms with Crippen LogP contribution in [-0.2, 0) is 14.8 Å². The van der Waals surface area contributed by atoms with Crippen molar-refractivity contribution in [3.05, 3.63) is 60.2 Å². The molecule has 2 aromatic carbocycles. The summed E-state index contributed by atoms with van der Waals surface area (Å²) in [5.41, 5.74) is -1.27. The van der Waals surface area contributed by atoms with Crippen LogP contribution in [0.4, 0.5) is 0 Å². The van der Waals surface area contributed by atoms with Crippen molar-refractivity contribution in [3.8, 4) is 5.75 Å². The fraction of sp³-hybridized carbons (Fsp3) is 0.391. The standard InChI is InChI=1S/C23H28ClN3O6S/c24-21(26-22(28)17-4-2-1-3-5-17)20(23(29)30)27-34(31,32)19-8-6-18(7-9-19)33-15-12-16-10-13-25-14-11-16/h1-9,16,20-21,25,27H,10-15H2,(H,26,28)(H,29,30)/t20-,21?/m1/s1. The van der Waals surface area contributed by atoms with Gasteiger partial charge < -0.3 is 20.5 Å². The van der Waals surface area contributed by atoms with Gasteiger partial charge in [-0.2, -0.15) is 4.72 Å². The van der Waals surface area contributed by atoms with Gasteiger partial charge in [0.05, 0.1) is 11.5 Å². The van der Waals surface area contributed by atoms with Crippen molar-refractivity contribution in [1.82, 2.24) is 15.4 Å². The molecule has 2 aromatic rings. The molecule has 0 radical (unpaired) electrons. The molecular weight excluding hydrogens is 482 g/mol. The summed E-state index contributed by atoms with van der Waals surface area (Å²) in [6.45, 7) is 2.56. The van der Waals surface area contributed by atoms with E-state index in [1.807, 2.05) is 0 Å². The van der Waals surface area contributed by atoms with E-state index in [-0.39, 0.29) is 10.5 Å². The minimum Gasteiger partial charge on any atom is -0.494 e. The Kier molecular flexibility index (Phi) is 9.28. The Hall–Kier alpha value is -2.66. The number of carboxylic acids is 1. The summed E-state index contributed by atoms with van der Waals surface area (Å²) in [6.07, 6.45) is 3.16. The first-order valence-electron chi connectivity index (χ1n) is 10.9. The highest BCUT2D eigenvalue weighted by Gasteiger charge is 2.33. The minimum absolute atomic E-state index is 0.150. The average molecular weight is 510 g/mol. The first kappa shape index (κ1) is 26.0. The molecule has 1 aliphatic rings. The third-order valence-corrected chi connectivity index (χ3v) is 7.35. The number of hydrogen-bond donors (Lipinski definition) is 4. The molecule has 1 heterocycles. The lowest BCUT2D eigenvalue weighted by atomic mass is 9.95. The van der Waals surface area contributed by atoms with Crippen LogP contribution in [0.1, 0.15) is 29.6 Å². The maximum Gasteiger partial charge on any atom is 0.325 e. The predicted octanol–water partition coefficient (Wildman–Crippen LogP) is 2.18. The lowest BCUT2D eigenvalue weighted by Crippen LogP contribution is -2.53. The highest BCUT2D eigenvalue weighted by Crippen LogP contribution is 2.20. The Labute approximate surface area is 203 Å². The Morgan fingerprint density at radius 1 is 1.09 bits per heavy atom. The molecule has 1 amide bonds. The summed E-state index contributed by atoms with van der Waals surface area (Å²) in [6, 6.07) is 11.9. The molecular formula is C23H28ClN3O6S. The largest absolute Gasteiger partial charge is 0.494 e. The number of rotatable bonds is 11. The third kappa shape index (κ3) is 7.42. The van der Waals surface area contributed by atoms with E-state index in [9.17, 15) is 23.1 Å². The Morgan fingerprint density at radius 3 is 2.35 bits per heavy atom. The third-order valence-electron chi connectivity index (χ3n) is 5.53. The molecule has 4 N–H and O–H groups in total. The van der Waals surface area contributed by atoms with Gasteiger partial charge in [0.25, 0.3) is 5.91 Å². The van der Waals surface area contributed by atoms with Crippen LogP contribution in [0.5, 0.6) is 5.75 Å². The molecule has 1 unspecified atom stereocenters. The molecule has 34 heavy (non-hydrogen) atoms. The van der Waals surface area contributed by atoms with Gasteiger partial charge >= 0.3 is 5.97 Å². The summed E-state index contributed by atoms with van der Waals surface area (Å²) in [5.74, 6) is -1.02. The van der Waals surface area contributed by atoms with E-state index in [1.54, 1.807) is 18.2 Å². The fourth-order valence-electron chi connectivity index (χ4n) is 3.58. The van der Waals surface area contributed by atoms with Gasteiger partial charge in [0, 0.05) is 5.56 Å². The van der Waals surface area contributed by atoms with Gasteiger partial charge in [-0.3, -0.25) is 9.59 Å². The van der Waals surface area contributed by atoms with Gasteiger partial charge in [0.2, 0.25) is 10.0 Å². The smallest absolute Gasteiger partial charge is 0.325 e. The number of hydrogen-bond acceptors (Lipinski definition) is 6. The van der Waals surface area contributed by atoms with Crippen LogP contribution in [0.3, 0.4) is 0 Å². The molecule has 1 fully saturated rings. The van der Waals surface area contributed by atoms with Gasteiger partial charge in [-0.05, 0) is 74.7 Å². The first-order chi connectivity index (χ1) is 16.3. The average Bonchev–Trinajstić information content (AvgIpc) is 2.84. The summed E-state index contributed by atoms with van der Waals surface area (Å²) >= 11 is 6.06. The quantitative estimate of drug-likeness (QED) is 0.269. The number of carbonyl (C=O) groups is 2. The maximum absolute atomic E-state index is 12.7. The number of sulfonamides is 1. The van der Waals surface area contributed by atoms with E-state index in [1.165, 1.54) is 36.4 Å². The topological polar surface area (TPSA) is 134 Å². The lowest BCUT2D eigenvalue weighted by Gasteiger charge is -2.22. The second-order valence-corrected chi connectivity index (χ2v) is 10.2. The minimum atomic E-state index is -4.23. The molecule has 0 spiro atoms. The number of piperidine rings is 1. The van der Waals surface area contributed by atoms with E-state index in [0.29, 0.717) is 18.3 Å². The molecule has 11 heteroatoms. The zero-order chi connectivity index (χ0) is 24.6. The summed E-state index contributed by atoms with van der Waals surface area (Å²) in [7, 11) is -4.23. The van der Waals surface area contributed by atoms with Crippen molar-refractivity contribution in [3.63, 3.8) is 0 Å². The molecule has 3 rings (SSSR count). The monoisotopic (exact) mass is 509 g/mol. The number of halogens is 1. The van der Waals surface area contributed by atoms with Crippen LogP contribution in [0.2, 0.25) is 0 Å². The zero-order valence-electron chi connectivity index (χ0n) is 18.4. The van der Waals surface area contributed by atoms with Gasteiger partial charge in [0.15, 0.2) is 6.04 Å². The van der Waals surface area contributed by atoms with E-state index >= 15 is 0 Å². The number of ether oxygens (including phenoxy) is 1. The van der Waals surface area contributed by atoms with E-state index in [0.717, 1.165) is 32.4 Å². The molecule has 0 aromatic heterocycles. The Morgan fingerprint density at radius 2 is 1.74 bits per heavy atom. The maximum atomic E-state index is 12.7. The van der Waals surface area contributed by atoms with Crippen molar-refractivity contribution in [1.29, 1.82) is 0 Å². The molecule has 184 valence electrons. The second kappa shape index (κ2) is 12.2. The van der Waals surface area contributed by atoms with E-state index in [4.69, 9.17) is 16.3 Å². The van der Waals surface area contributed by atoms with Crippen LogP contribution in [0.15, 0.2) is 59.5 Å². The SMILES string of the molecule is O=C(NC(Cl)[C@@H](NS(=O)(=O)c1ccc(OCCC2CCNCC2)cc1)C(=O)O)c1ccccc1. The van der Waals surface area contributed by atoms with Crippen molar-refractivity contribution in [2.24, 2.45) is 5.92 Å². The Bertz CT molecular complexity index is 1060. The summed E-state index contributed by atoms with van der Waals surface area (Å²) < 4.78 is 33.3. The molecule has 1 aliphatic heterocycles. The van der Waals surface area contributed by atoms with Crippen LogP contribution in [0.25, 0.3) is 0 Å². The van der Waals surface area contributed by atoms with Crippen LogP contribution in [0, 0.1) is 5.92 Å². The van der Waals surface area contributed by atoms with Gasteiger partial charge in [-0.15, -0.1) is 0 Å². The number of alkyl halides is 1. The second-order valence-electron chi connectivity index (χ2n) is 7.98. The molecule has 1 saturated heterocycles. The van der Waals surface area contributed by atoms with Crippen molar-refractivity contribution in [2.45, 2.75) is 35.7 Å². The van der Waals surface area contributed by atoms with Crippen LogP contribution < -0.4 is 20.1 Å². The van der Waals surface area contributed by atoms with Crippen molar-refractivity contribution in [2.75, 3.05) is 19.7 Å². The number of benzene rings is 2. The molecule has 2 atom stereocenters. The number of amides is 1. The van der Waals surface area contributed by atoms with Crippen LogP contribution >= 0.6 is 11.6 Å². The van der Waals surface area contributed by atoms with Gasteiger partial charge in [0.1, 0.15) is 11.3 Å². The summed E-state index contributed by atoms with van der Waals surface area (Å²) in [4.78, 5) is 23.8. The number of carbonyl (C=O) groups excluding carboxylic acids is 1. The summed E-state index contributed by atoms with van der Waals surface area (Å²) in [5, 5.41) is 15.1. The normalized spacial score (nSPS) is 16.4. The highest BCUT2D eigenvalue weighted by molar-refractivity contribution is 7.89. The molecule has 9 nitrogen and oxygen atoms in total. The molecule has 0 aliphatic carbocycles. The van der Waals surface area contributed by atoms with Gasteiger partial charge in [-0.1, -0.05) is 29.8 Å². The molecule has 0 saturated carbocycles. The predicted molar refractivity (Wildman–Crippen MR) is 127 cm³/mol. The number of carboxylic acid groups (broad SMARTS) is 1. The lowest BCUT2D eigenvalue weighted by molar-refractivity contribution is -0.139. The molecule has 0 bridgehead atoms. The van der Waals surface area contributed by atoms with Crippen molar-refractivity contribution >= 4 is 33.5 Å². The first-order valence-corrected chi connectivity index (χ1v) is 12.9. The Balaban J connectivity index is 1.58. The fourth-order valence-corrected chi connectivity index (χ4v) is 5.13.